The van der Waals surface area contributed by atoms with Crippen molar-refractivity contribution < 1.29 is 23.2 Å². The van der Waals surface area contributed by atoms with Crippen molar-refractivity contribution in [1.29, 1.82) is 0 Å². The molecule has 32 heavy (non-hydrogen) atoms. The third-order valence-electron chi connectivity index (χ3n) is 4.51. The van der Waals surface area contributed by atoms with Crippen LogP contribution in [-0.2, 0) is 16.1 Å². The summed E-state index contributed by atoms with van der Waals surface area (Å²) in [4.78, 5) is 40.6. The number of hydrogen-bond acceptors (Lipinski definition) is 6. The topological polar surface area (TPSA) is 113 Å². The zero-order chi connectivity index (χ0) is 23.3. The van der Waals surface area contributed by atoms with Crippen molar-refractivity contribution in [1.82, 2.24) is 15.6 Å². The lowest BCUT2D eigenvalue weighted by atomic mass is 10.0. The molecule has 0 aliphatic carbocycles. The molecule has 0 radical (unpaired) electrons. The molecule has 2 aromatic heterocycles. The van der Waals surface area contributed by atoms with Gasteiger partial charge in [0.05, 0.1) is 12.1 Å². The number of amides is 3. The van der Waals surface area contributed by atoms with Crippen molar-refractivity contribution >= 4 is 34.2 Å². The molecule has 2 heterocycles. The first-order valence-electron chi connectivity index (χ1n) is 9.90. The quantitative estimate of drug-likeness (QED) is 0.478. The maximum Gasteiger partial charge on any atom is 0.254 e. The van der Waals surface area contributed by atoms with Gasteiger partial charge in [-0.3, -0.25) is 14.4 Å². The van der Waals surface area contributed by atoms with Crippen LogP contribution >= 0.6 is 11.3 Å². The molecule has 1 aromatic carbocycles. The number of thiazole rings is 1. The first-order chi connectivity index (χ1) is 15.2. The normalized spacial score (nSPS) is 11.8. The van der Waals surface area contributed by atoms with E-state index in [0.717, 1.165) is 0 Å². The second kappa shape index (κ2) is 10.2. The Hall–Kier alpha value is -3.53. The summed E-state index contributed by atoms with van der Waals surface area (Å²) < 4.78 is 19.6. The minimum Gasteiger partial charge on any atom is -0.458 e. The van der Waals surface area contributed by atoms with E-state index in [-0.39, 0.29) is 23.9 Å². The smallest absolute Gasteiger partial charge is 0.254 e. The highest BCUT2D eigenvalue weighted by Gasteiger charge is 2.26. The molecule has 0 bridgehead atoms. The van der Waals surface area contributed by atoms with E-state index in [4.69, 9.17) is 4.42 Å². The minimum absolute atomic E-state index is 0.129. The molecule has 0 aliphatic rings. The van der Waals surface area contributed by atoms with Crippen LogP contribution in [0, 0.1) is 11.7 Å². The summed E-state index contributed by atoms with van der Waals surface area (Å²) in [7, 11) is 0. The van der Waals surface area contributed by atoms with Crippen LogP contribution in [0.2, 0.25) is 0 Å². The van der Waals surface area contributed by atoms with Gasteiger partial charge in [0.25, 0.3) is 5.91 Å². The Morgan fingerprint density at radius 1 is 1.16 bits per heavy atom. The van der Waals surface area contributed by atoms with Crippen LogP contribution in [0.5, 0.6) is 0 Å². The van der Waals surface area contributed by atoms with Crippen molar-refractivity contribution in [2.45, 2.75) is 33.4 Å². The summed E-state index contributed by atoms with van der Waals surface area (Å²) in [5, 5.41) is 9.98. The number of carbonyl (C=O) groups excluding carboxylic acids is 3. The summed E-state index contributed by atoms with van der Waals surface area (Å²) >= 11 is 1.20. The van der Waals surface area contributed by atoms with Crippen LogP contribution < -0.4 is 16.0 Å². The van der Waals surface area contributed by atoms with E-state index in [0.29, 0.717) is 22.3 Å². The minimum atomic E-state index is -0.887. The highest BCUT2D eigenvalue weighted by Crippen LogP contribution is 2.27. The predicted molar refractivity (Wildman–Crippen MR) is 118 cm³/mol. The Morgan fingerprint density at radius 3 is 2.59 bits per heavy atom. The average molecular weight is 459 g/mol. The third kappa shape index (κ3) is 5.79. The molecule has 0 spiro atoms. The third-order valence-corrected chi connectivity index (χ3v) is 5.27. The number of aromatic nitrogens is 1. The van der Waals surface area contributed by atoms with Gasteiger partial charge in [-0.25, -0.2) is 9.37 Å². The summed E-state index contributed by atoms with van der Waals surface area (Å²) in [5.41, 5.74) is 0.395. The van der Waals surface area contributed by atoms with E-state index in [1.807, 2.05) is 0 Å². The van der Waals surface area contributed by atoms with Gasteiger partial charge in [-0.1, -0.05) is 26.0 Å². The van der Waals surface area contributed by atoms with E-state index in [2.05, 4.69) is 20.9 Å². The highest BCUT2D eigenvalue weighted by molar-refractivity contribution is 7.14. The highest BCUT2D eigenvalue weighted by atomic mass is 32.1. The Morgan fingerprint density at radius 2 is 1.91 bits per heavy atom. The van der Waals surface area contributed by atoms with Gasteiger partial charge in [0.2, 0.25) is 11.8 Å². The summed E-state index contributed by atoms with van der Waals surface area (Å²) in [6, 6.07) is 8.15. The summed E-state index contributed by atoms with van der Waals surface area (Å²) in [6.45, 7) is 5.24. The van der Waals surface area contributed by atoms with Gasteiger partial charge in [0.15, 0.2) is 10.9 Å². The van der Waals surface area contributed by atoms with Crippen LogP contribution in [0.3, 0.4) is 0 Å². The lowest BCUT2D eigenvalue weighted by Crippen LogP contribution is -2.47. The molecule has 3 amide bonds. The number of anilines is 1. The largest absolute Gasteiger partial charge is 0.458 e. The van der Waals surface area contributed by atoms with Gasteiger partial charge in [-0.05, 0) is 30.2 Å². The van der Waals surface area contributed by atoms with E-state index in [1.54, 1.807) is 37.4 Å². The van der Waals surface area contributed by atoms with Gasteiger partial charge in [-0.2, -0.15) is 0 Å². The molecule has 0 unspecified atom stereocenters. The molecular formula is C22H23FN4O4S. The van der Waals surface area contributed by atoms with Gasteiger partial charge in [0, 0.05) is 12.3 Å². The van der Waals surface area contributed by atoms with E-state index < -0.39 is 23.7 Å². The Balaban J connectivity index is 1.66. The molecule has 10 heteroatoms. The Bertz CT molecular complexity index is 1120. The Kier molecular flexibility index (Phi) is 7.37. The first kappa shape index (κ1) is 23.1. The zero-order valence-corrected chi connectivity index (χ0v) is 18.6. The Labute approximate surface area is 188 Å². The molecular weight excluding hydrogens is 435 g/mol. The molecule has 1 atom stereocenters. The van der Waals surface area contributed by atoms with Crippen LogP contribution in [0.15, 0.2) is 46.2 Å². The summed E-state index contributed by atoms with van der Waals surface area (Å²) in [5.74, 6) is -1.13. The number of nitrogens with one attached hydrogen (secondary N) is 3. The van der Waals surface area contributed by atoms with Crippen molar-refractivity contribution in [3.8, 4) is 11.5 Å². The number of nitrogens with zero attached hydrogens (tertiary/aromatic N) is 1. The van der Waals surface area contributed by atoms with E-state index in [9.17, 15) is 18.8 Å². The SMILES string of the molecule is CC(=O)NCc1ccc(-c2csc(NC(=O)[C@@H](NC(=O)c3ccccc3F)C(C)C)n2)o1. The molecule has 168 valence electrons. The molecule has 8 nitrogen and oxygen atoms in total. The van der Waals surface area contributed by atoms with Crippen molar-refractivity contribution in [3.05, 3.63) is 58.9 Å². The fourth-order valence-electron chi connectivity index (χ4n) is 2.85. The fourth-order valence-corrected chi connectivity index (χ4v) is 3.55. The molecule has 0 aliphatic heterocycles. The van der Waals surface area contributed by atoms with Gasteiger partial charge >= 0.3 is 0 Å². The fraction of sp³-hybridized carbons (Fsp3) is 0.273. The van der Waals surface area contributed by atoms with E-state index in [1.165, 1.54) is 36.5 Å². The number of rotatable bonds is 8. The number of carbonyl (C=O) groups is 3. The molecule has 0 saturated carbocycles. The van der Waals surface area contributed by atoms with Crippen molar-refractivity contribution in [3.63, 3.8) is 0 Å². The second-order valence-electron chi connectivity index (χ2n) is 7.38. The summed E-state index contributed by atoms with van der Waals surface area (Å²) in [6.07, 6.45) is 0. The zero-order valence-electron chi connectivity index (χ0n) is 17.8. The maximum atomic E-state index is 13.9. The lowest BCUT2D eigenvalue weighted by molar-refractivity contribution is -0.119. The number of hydrogen-bond donors (Lipinski definition) is 3. The number of furan rings is 1. The van der Waals surface area contributed by atoms with Crippen LogP contribution in [-0.4, -0.2) is 28.7 Å². The van der Waals surface area contributed by atoms with Gasteiger partial charge in [0.1, 0.15) is 23.3 Å². The van der Waals surface area contributed by atoms with Crippen LogP contribution in [0.4, 0.5) is 9.52 Å². The number of halogens is 1. The van der Waals surface area contributed by atoms with Gasteiger partial charge < -0.3 is 20.4 Å². The monoisotopic (exact) mass is 458 g/mol. The maximum absolute atomic E-state index is 13.9. The molecule has 0 fully saturated rings. The molecule has 3 rings (SSSR count). The second-order valence-corrected chi connectivity index (χ2v) is 8.24. The predicted octanol–water partition coefficient (Wildman–Crippen LogP) is 3.57. The lowest BCUT2D eigenvalue weighted by Gasteiger charge is -2.21. The van der Waals surface area contributed by atoms with Crippen LogP contribution in [0.25, 0.3) is 11.5 Å². The average Bonchev–Trinajstić information content (AvgIpc) is 3.39. The van der Waals surface area contributed by atoms with Crippen LogP contribution in [0.1, 0.15) is 36.9 Å². The van der Waals surface area contributed by atoms with E-state index >= 15 is 0 Å². The standard InChI is InChI=1S/C22H23FN4O4S/c1-12(2)19(26-20(29)15-6-4-5-7-16(15)23)21(30)27-22-25-17(11-32-22)18-9-8-14(31-18)10-24-13(3)28/h4-9,11-12,19H,10H2,1-3H3,(H,24,28)(H,26,29)(H,25,27,30)/t19-/m0/s1. The van der Waals surface area contributed by atoms with Gasteiger partial charge in [-0.15, -0.1) is 11.3 Å². The number of benzene rings is 1. The van der Waals surface area contributed by atoms with Crippen molar-refractivity contribution in [2.24, 2.45) is 5.92 Å². The molecule has 3 N–H and O–H groups in total. The molecule has 0 saturated heterocycles. The van der Waals surface area contributed by atoms with Crippen molar-refractivity contribution in [2.75, 3.05) is 5.32 Å². The molecule has 3 aromatic rings. The first-order valence-corrected chi connectivity index (χ1v) is 10.8.